The summed E-state index contributed by atoms with van der Waals surface area (Å²) < 4.78 is 7.91. The predicted octanol–water partition coefficient (Wildman–Crippen LogP) is 11.5. The molecule has 0 aliphatic heterocycles. The third kappa shape index (κ3) is 3.82. The van der Waals surface area contributed by atoms with E-state index in [2.05, 4.69) is 137 Å². The Morgan fingerprint density at radius 3 is 2.31 bits per heavy atom. The minimum absolute atomic E-state index is 0.146. The number of rotatable bonds is 3. The van der Waals surface area contributed by atoms with Gasteiger partial charge in [-0.05, 0) is 83.4 Å². The van der Waals surface area contributed by atoms with Gasteiger partial charge in [0.15, 0.2) is 5.82 Å². The lowest BCUT2D eigenvalue weighted by Gasteiger charge is -2.21. The van der Waals surface area contributed by atoms with Crippen LogP contribution in [0.5, 0.6) is 0 Å². The maximum Gasteiger partial charge on any atom is 0.160 e. The second kappa shape index (κ2) is 9.47. The first kappa shape index (κ1) is 26.4. The molecule has 0 bridgehead atoms. The maximum absolute atomic E-state index is 6.65. The summed E-state index contributed by atoms with van der Waals surface area (Å²) >= 11 is 1.78. The molecule has 3 aromatic heterocycles. The minimum Gasteiger partial charge on any atom is -0.456 e. The van der Waals surface area contributed by atoms with E-state index in [9.17, 15) is 0 Å². The third-order valence-electron chi connectivity index (χ3n) is 9.58. The lowest BCUT2D eigenvalue weighted by Crippen LogP contribution is -2.15. The fourth-order valence-corrected chi connectivity index (χ4v) is 8.44. The molecule has 0 saturated heterocycles. The van der Waals surface area contributed by atoms with Gasteiger partial charge < -0.3 is 4.42 Å². The highest BCUT2D eigenvalue weighted by Gasteiger charge is 2.38. The Kier molecular flexibility index (Phi) is 5.54. The molecule has 1 aliphatic carbocycles. The van der Waals surface area contributed by atoms with Crippen molar-refractivity contribution in [2.45, 2.75) is 33.1 Å². The zero-order chi connectivity index (χ0) is 30.4. The van der Waals surface area contributed by atoms with Gasteiger partial charge in [0.25, 0.3) is 0 Å². The van der Waals surface area contributed by atoms with Crippen LogP contribution in [-0.2, 0) is 5.41 Å². The number of nitrogens with zero attached hydrogens (tertiary/aromatic N) is 2. The Bertz CT molecular complexity index is 2460. The minimum atomic E-state index is -0.146. The van der Waals surface area contributed by atoms with Crippen LogP contribution in [0.3, 0.4) is 0 Å². The van der Waals surface area contributed by atoms with Crippen molar-refractivity contribution in [1.29, 1.82) is 0 Å². The second-order valence-corrected chi connectivity index (χ2v) is 13.8. The number of hydrogen-bond donors (Lipinski definition) is 0. The van der Waals surface area contributed by atoms with Gasteiger partial charge in [0, 0.05) is 43.3 Å². The summed E-state index contributed by atoms with van der Waals surface area (Å²) in [5, 5.41) is 3.45. The van der Waals surface area contributed by atoms with Gasteiger partial charge in [-0.25, -0.2) is 9.97 Å². The molecule has 0 fully saturated rings. The molecular weight excluding hydrogens is 569 g/mol. The van der Waals surface area contributed by atoms with Crippen molar-refractivity contribution >= 4 is 43.4 Å². The monoisotopic (exact) mass is 598 g/mol. The van der Waals surface area contributed by atoms with Crippen molar-refractivity contribution < 1.29 is 4.42 Å². The summed E-state index contributed by atoms with van der Waals surface area (Å²) in [6.45, 7) is 8.88. The van der Waals surface area contributed by atoms with E-state index in [1.54, 1.807) is 11.3 Å². The molecule has 3 nitrogen and oxygen atoms in total. The molecule has 0 unspecified atom stereocenters. The van der Waals surface area contributed by atoms with Gasteiger partial charge in [-0.2, -0.15) is 0 Å². The first-order chi connectivity index (χ1) is 21.9. The van der Waals surface area contributed by atoms with Crippen LogP contribution in [0.1, 0.15) is 36.2 Å². The van der Waals surface area contributed by atoms with E-state index < -0.39 is 0 Å². The molecule has 9 rings (SSSR count). The van der Waals surface area contributed by atoms with Crippen molar-refractivity contribution in [3.8, 4) is 44.2 Å². The van der Waals surface area contributed by atoms with Crippen LogP contribution >= 0.6 is 11.3 Å². The highest BCUT2D eigenvalue weighted by Crippen LogP contribution is 2.52. The van der Waals surface area contributed by atoms with Crippen molar-refractivity contribution in [1.82, 2.24) is 9.97 Å². The molecule has 0 N–H and O–H groups in total. The molecule has 8 aromatic rings. The number of hydrogen-bond acceptors (Lipinski definition) is 4. The summed E-state index contributed by atoms with van der Waals surface area (Å²) in [4.78, 5) is 11.6. The van der Waals surface area contributed by atoms with Crippen molar-refractivity contribution in [2.75, 3.05) is 0 Å². The largest absolute Gasteiger partial charge is 0.456 e. The maximum atomic E-state index is 6.65. The molecule has 0 spiro atoms. The van der Waals surface area contributed by atoms with E-state index in [0.717, 1.165) is 55.2 Å². The number of aryl methyl sites for hydroxylation is 2. The van der Waals surface area contributed by atoms with Gasteiger partial charge >= 0.3 is 0 Å². The number of aromatic nitrogens is 2. The quantitative estimate of drug-likeness (QED) is 0.203. The van der Waals surface area contributed by atoms with E-state index in [1.807, 2.05) is 0 Å². The van der Waals surface area contributed by atoms with Crippen LogP contribution in [-0.4, -0.2) is 9.97 Å². The molecule has 0 saturated carbocycles. The van der Waals surface area contributed by atoms with Crippen LogP contribution in [0.15, 0.2) is 114 Å². The van der Waals surface area contributed by atoms with Gasteiger partial charge in [-0.1, -0.05) is 86.6 Å². The van der Waals surface area contributed by atoms with E-state index in [0.29, 0.717) is 0 Å². The van der Waals surface area contributed by atoms with Gasteiger partial charge in [-0.3, -0.25) is 0 Å². The predicted molar refractivity (Wildman–Crippen MR) is 188 cm³/mol. The summed E-state index contributed by atoms with van der Waals surface area (Å²) in [6.07, 6.45) is 0. The smallest absolute Gasteiger partial charge is 0.160 e. The Hall–Kier alpha value is -5.06. The Morgan fingerprint density at radius 1 is 0.689 bits per heavy atom. The van der Waals surface area contributed by atoms with E-state index in [1.165, 1.54) is 43.5 Å². The van der Waals surface area contributed by atoms with Gasteiger partial charge in [-0.15, -0.1) is 11.3 Å². The average molecular weight is 599 g/mol. The summed E-state index contributed by atoms with van der Waals surface area (Å²) in [6, 6.07) is 38.9. The van der Waals surface area contributed by atoms with E-state index >= 15 is 0 Å². The fraction of sp³-hybridized carbons (Fsp3) is 0.122. The molecule has 3 heterocycles. The average Bonchev–Trinajstić information content (AvgIpc) is 3.71. The molecule has 0 amide bonds. The van der Waals surface area contributed by atoms with Crippen molar-refractivity contribution in [3.05, 3.63) is 132 Å². The van der Waals surface area contributed by atoms with E-state index in [-0.39, 0.29) is 5.41 Å². The SMILES string of the molecule is Cc1ccccc1-c1c(C)nc(-c2ccc3oc4c5c(ccc4c3c2)-c2ccccc2C5(C)C)nc1-c1cc2ccccc2s1. The first-order valence-electron chi connectivity index (χ1n) is 15.4. The highest BCUT2D eigenvalue weighted by atomic mass is 32.1. The fourth-order valence-electron chi connectivity index (χ4n) is 7.38. The van der Waals surface area contributed by atoms with Crippen LogP contribution in [0.25, 0.3) is 76.2 Å². The molecule has 216 valence electrons. The lowest BCUT2D eigenvalue weighted by molar-refractivity contribution is 0.620. The number of fused-ring (bicyclic) bond motifs is 8. The zero-order valence-electron chi connectivity index (χ0n) is 25.6. The third-order valence-corrected chi connectivity index (χ3v) is 10.7. The molecule has 4 heteroatoms. The molecule has 0 radical (unpaired) electrons. The Balaban J connectivity index is 1.25. The van der Waals surface area contributed by atoms with Crippen LogP contribution < -0.4 is 0 Å². The number of thiophene rings is 1. The zero-order valence-corrected chi connectivity index (χ0v) is 26.4. The summed E-state index contributed by atoms with van der Waals surface area (Å²) in [7, 11) is 0. The van der Waals surface area contributed by atoms with Gasteiger partial charge in [0.1, 0.15) is 11.2 Å². The number of furan rings is 1. The summed E-state index contributed by atoms with van der Waals surface area (Å²) in [5.74, 6) is 0.724. The molecular formula is C41H30N2OS. The van der Waals surface area contributed by atoms with Crippen molar-refractivity contribution in [3.63, 3.8) is 0 Å². The standard InChI is InChI=1S/C41H30N2OS/c1-23-11-5-7-13-27(23)36-24(2)42-40(43-38(36)35-22-25-12-6-10-16-34(25)45-35)26-17-20-33-31(21-26)30-19-18-29-28-14-8-9-15-32(28)41(3,4)37(29)39(30)44-33/h5-22H,1-4H3. The normalized spacial score (nSPS) is 13.5. The molecule has 5 aromatic carbocycles. The second-order valence-electron chi connectivity index (χ2n) is 12.7. The lowest BCUT2D eigenvalue weighted by atomic mass is 9.82. The topological polar surface area (TPSA) is 38.9 Å². The van der Waals surface area contributed by atoms with Crippen molar-refractivity contribution in [2.24, 2.45) is 0 Å². The summed E-state index contributed by atoms with van der Waals surface area (Å²) in [5.41, 5.74) is 13.3. The van der Waals surface area contributed by atoms with Crippen LogP contribution in [0, 0.1) is 13.8 Å². The van der Waals surface area contributed by atoms with Gasteiger partial charge in [0.05, 0.1) is 10.6 Å². The molecule has 1 aliphatic rings. The Labute approximate surface area is 265 Å². The van der Waals surface area contributed by atoms with E-state index in [4.69, 9.17) is 14.4 Å². The van der Waals surface area contributed by atoms with Crippen LogP contribution in [0.2, 0.25) is 0 Å². The molecule has 45 heavy (non-hydrogen) atoms. The number of benzene rings is 5. The highest BCUT2D eigenvalue weighted by molar-refractivity contribution is 7.22. The van der Waals surface area contributed by atoms with Crippen LogP contribution in [0.4, 0.5) is 0 Å². The van der Waals surface area contributed by atoms with Gasteiger partial charge in [0.2, 0.25) is 0 Å². The molecule has 0 atom stereocenters. The Morgan fingerprint density at radius 2 is 1.47 bits per heavy atom. The first-order valence-corrected chi connectivity index (χ1v) is 16.2.